The summed E-state index contributed by atoms with van der Waals surface area (Å²) in [6, 6.07) is 7.95. The molecule has 28 heavy (non-hydrogen) atoms. The minimum Gasteiger partial charge on any atom is -0.491 e. The molecule has 0 saturated heterocycles. The van der Waals surface area contributed by atoms with Crippen molar-refractivity contribution in [3.05, 3.63) is 46.8 Å². The van der Waals surface area contributed by atoms with Crippen molar-refractivity contribution in [1.29, 1.82) is 0 Å². The average molecular weight is 382 g/mol. The van der Waals surface area contributed by atoms with Gasteiger partial charge in [0.25, 0.3) is 5.91 Å². The van der Waals surface area contributed by atoms with E-state index in [9.17, 15) is 4.79 Å². The van der Waals surface area contributed by atoms with Crippen LogP contribution in [0.2, 0.25) is 0 Å². The van der Waals surface area contributed by atoms with Crippen LogP contribution in [-0.4, -0.2) is 22.2 Å². The lowest BCUT2D eigenvalue weighted by molar-refractivity contribution is 0.0893. The first kappa shape index (κ1) is 19.0. The van der Waals surface area contributed by atoms with Crippen LogP contribution in [0.3, 0.4) is 0 Å². The van der Waals surface area contributed by atoms with Gasteiger partial charge < -0.3 is 10.1 Å². The fraction of sp³-hybridized carbons (Fsp3) is 0.565. The number of hydrogen-bond acceptors (Lipinski definition) is 3. The number of carbonyl (C=O) groups excluding carboxylic acids is 1. The normalized spacial score (nSPS) is 18.8. The van der Waals surface area contributed by atoms with E-state index in [4.69, 9.17) is 4.74 Å². The van der Waals surface area contributed by atoms with Crippen molar-refractivity contribution in [1.82, 2.24) is 15.5 Å². The Labute approximate surface area is 167 Å². The number of ether oxygens (including phenoxy) is 1. The Morgan fingerprint density at radius 1 is 1.29 bits per heavy atom. The molecule has 0 spiro atoms. The van der Waals surface area contributed by atoms with Crippen molar-refractivity contribution < 1.29 is 9.53 Å². The van der Waals surface area contributed by atoms with Crippen LogP contribution >= 0.6 is 0 Å². The third kappa shape index (κ3) is 4.23. The lowest BCUT2D eigenvalue weighted by Crippen LogP contribution is -2.44. The molecule has 1 heterocycles. The third-order valence-electron chi connectivity index (χ3n) is 5.71. The van der Waals surface area contributed by atoms with E-state index in [0.29, 0.717) is 17.4 Å². The molecule has 2 aliphatic rings. The molecule has 0 radical (unpaired) electrons. The van der Waals surface area contributed by atoms with Gasteiger partial charge in [0.15, 0.2) is 0 Å². The summed E-state index contributed by atoms with van der Waals surface area (Å²) in [5.41, 5.74) is 3.31. The second kappa shape index (κ2) is 7.26. The van der Waals surface area contributed by atoms with E-state index in [1.54, 1.807) is 0 Å². The Hall–Kier alpha value is -2.30. The average Bonchev–Trinajstić information content (AvgIpc) is 3.55. The molecular formula is C23H31N3O2. The van der Waals surface area contributed by atoms with E-state index in [2.05, 4.69) is 28.5 Å². The van der Waals surface area contributed by atoms with Gasteiger partial charge in [-0.2, -0.15) is 5.10 Å². The fourth-order valence-electron chi connectivity index (χ4n) is 3.91. The standard InChI is InChI=1S/C23H31N3O2/c1-14(2)28-20-12-18(9-10-19(20)17-7-8-17)22(27)24-23(4,13-16-5-6-16)21-11-15(3)25-26-21/h9-12,14,16-17H,5-8,13H2,1-4H3,(H,24,27)(H,25,26)/t23-/m0/s1. The van der Waals surface area contributed by atoms with Gasteiger partial charge in [-0.3, -0.25) is 9.89 Å². The molecule has 1 aromatic carbocycles. The third-order valence-corrected chi connectivity index (χ3v) is 5.71. The molecule has 2 aromatic rings. The number of rotatable bonds is 8. The van der Waals surface area contributed by atoms with Gasteiger partial charge in [0.2, 0.25) is 0 Å². The second-order valence-corrected chi connectivity index (χ2v) is 9.06. The predicted molar refractivity (Wildman–Crippen MR) is 110 cm³/mol. The highest BCUT2D eigenvalue weighted by atomic mass is 16.5. The van der Waals surface area contributed by atoms with Crippen molar-refractivity contribution in [2.24, 2.45) is 5.92 Å². The van der Waals surface area contributed by atoms with Crippen molar-refractivity contribution in [3.8, 4) is 5.75 Å². The smallest absolute Gasteiger partial charge is 0.252 e. The van der Waals surface area contributed by atoms with Crippen LogP contribution in [0, 0.1) is 12.8 Å². The first-order valence-electron chi connectivity index (χ1n) is 10.5. The number of aromatic amines is 1. The van der Waals surface area contributed by atoms with E-state index in [-0.39, 0.29) is 12.0 Å². The molecule has 1 aromatic heterocycles. The van der Waals surface area contributed by atoms with Crippen LogP contribution in [0.5, 0.6) is 5.75 Å². The Kier molecular flexibility index (Phi) is 4.94. The van der Waals surface area contributed by atoms with Gasteiger partial charge in [-0.15, -0.1) is 0 Å². The molecule has 150 valence electrons. The molecule has 2 saturated carbocycles. The maximum Gasteiger partial charge on any atom is 0.252 e. The molecular weight excluding hydrogens is 350 g/mol. The van der Waals surface area contributed by atoms with E-state index < -0.39 is 5.54 Å². The quantitative estimate of drug-likeness (QED) is 0.688. The SMILES string of the molecule is Cc1cc([C@](C)(CC2CC2)NC(=O)c2ccc(C3CC3)c(OC(C)C)c2)n[nH]1. The number of nitrogens with one attached hydrogen (secondary N) is 2. The van der Waals surface area contributed by atoms with Crippen LogP contribution in [0.25, 0.3) is 0 Å². The molecule has 0 unspecified atom stereocenters. The first-order chi connectivity index (χ1) is 13.3. The monoisotopic (exact) mass is 381 g/mol. The van der Waals surface area contributed by atoms with E-state index in [0.717, 1.165) is 23.6 Å². The Bertz CT molecular complexity index is 864. The molecule has 2 aliphatic carbocycles. The van der Waals surface area contributed by atoms with Crippen molar-refractivity contribution >= 4 is 5.91 Å². The number of benzene rings is 1. The summed E-state index contributed by atoms with van der Waals surface area (Å²) in [4.78, 5) is 13.2. The predicted octanol–water partition coefficient (Wildman–Crippen LogP) is 4.83. The summed E-state index contributed by atoms with van der Waals surface area (Å²) < 4.78 is 6.03. The van der Waals surface area contributed by atoms with Gasteiger partial charge in [-0.1, -0.05) is 18.9 Å². The topological polar surface area (TPSA) is 67.0 Å². The van der Waals surface area contributed by atoms with Crippen LogP contribution in [-0.2, 0) is 5.54 Å². The van der Waals surface area contributed by atoms with Gasteiger partial charge in [0, 0.05) is 11.3 Å². The van der Waals surface area contributed by atoms with E-state index in [1.807, 2.05) is 39.0 Å². The number of aromatic nitrogens is 2. The summed E-state index contributed by atoms with van der Waals surface area (Å²) in [5.74, 6) is 2.03. The van der Waals surface area contributed by atoms with Crippen LogP contribution in [0.1, 0.15) is 86.1 Å². The summed E-state index contributed by atoms with van der Waals surface area (Å²) in [6.45, 7) is 8.12. The zero-order chi connectivity index (χ0) is 19.9. The van der Waals surface area contributed by atoms with E-state index in [1.165, 1.54) is 31.2 Å². The Balaban J connectivity index is 1.58. The van der Waals surface area contributed by atoms with Crippen LogP contribution in [0.4, 0.5) is 0 Å². The number of nitrogens with zero attached hydrogens (tertiary/aromatic N) is 1. The van der Waals surface area contributed by atoms with Gasteiger partial charge in [-0.25, -0.2) is 0 Å². The van der Waals surface area contributed by atoms with Gasteiger partial charge in [-0.05, 0) is 82.6 Å². The molecule has 5 nitrogen and oxygen atoms in total. The number of amides is 1. The molecule has 1 atom stereocenters. The zero-order valence-electron chi connectivity index (χ0n) is 17.3. The van der Waals surface area contributed by atoms with Crippen LogP contribution < -0.4 is 10.1 Å². The summed E-state index contributed by atoms with van der Waals surface area (Å²) in [5, 5.41) is 10.7. The number of H-pyrrole nitrogens is 1. The lowest BCUT2D eigenvalue weighted by Gasteiger charge is -2.29. The largest absolute Gasteiger partial charge is 0.491 e. The van der Waals surface area contributed by atoms with Crippen molar-refractivity contribution in [2.75, 3.05) is 0 Å². The van der Waals surface area contributed by atoms with E-state index >= 15 is 0 Å². The number of aryl methyl sites for hydroxylation is 1. The lowest BCUT2D eigenvalue weighted by atomic mass is 9.90. The second-order valence-electron chi connectivity index (χ2n) is 9.06. The first-order valence-corrected chi connectivity index (χ1v) is 10.5. The molecule has 2 N–H and O–H groups in total. The van der Waals surface area contributed by atoms with Crippen molar-refractivity contribution in [2.45, 2.75) is 77.4 Å². The minimum absolute atomic E-state index is 0.0697. The highest BCUT2D eigenvalue weighted by molar-refractivity contribution is 5.95. The number of hydrogen-bond donors (Lipinski definition) is 2. The highest BCUT2D eigenvalue weighted by Crippen LogP contribution is 2.45. The summed E-state index contributed by atoms with van der Waals surface area (Å²) in [6.07, 6.45) is 5.88. The fourth-order valence-corrected chi connectivity index (χ4v) is 3.91. The zero-order valence-corrected chi connectivity index (χ0v) is 17.3. The number of carbonyl (C=O) groups is 1. The maximum atomic E-state index is 13.2. The Morgan fingerprint density at radius 3 is 2.61 bits per heavy atom. The molecule has 5 heteroatoms. The van der Waals surface area contributed by atoms with Crippen molar-refractivity contribution in [3.63, 3.8) is 0 Å². The molecule has 1 amide bonds. The molecule has 4 rings (SSSR count). The highest BCUT2D eigenvalue weighted by Gasteiger charge is 2.38. The molecule has 0 aliphatic heterocycles. The summed E-state index contributed by atoms with van der Waals surface area (Å²) in [7, 11) is 0. The molecule has 0 bridgehead atoms. The summed E-state index contributed by atoms with van der Waals surface area (Å²) >= 11 is 0. The van der Waals surface area contributed by atoms with Gasteiger partial charge in [0.05, 0.1) is 17.3 Å². The maximum absolute atomic E-state index is 13.2. The van der Waals surface area contributed by atoms with Gasteiger partial charge in [0.1, 0.15) is 5.75 Å². The molecule has 2 fully saturated rings. The minimum atomic E-state index is -0.475. The van der Waals surface area contributed by atoms with Gasteiger partial charge >= 0.3 is 0 Å². The Morgan fingerprint density at radius 2 is 2.04 bits per heavy atom. The van der Waals surface area contributed by atoms with Crippen LogP contribution in [0.15, 0.2) is 24.3 Å².